The van der Waals surface area contributed by atoms with Gasteiger partial charge < -0.3 is 9.15 Å². The van der Waals surface area contributed by atoms with Crippen LogP contribution in [0.15, 0.2) is 57.7 Å². The van der Waals surface area contributed by atoms with Crippen LogP contribution in [0.5, 0.6) is 5.75 Å². The minimum absolute atomic E-state index is 0.324. The van der Waals surface area contributed by atoms with E-state index in [1.54, 1.807) is 19.2 Å². The van der Waals surface area contributed by atoms with Crippen molar-refractivity contribution in [3.8, 4) is 5.75 Å². The highest BCUT2D eigenvalue weighted by Crippen LogP contribution is 2.24. The number of hydrogen-bond acceptors (Lipinski definition) is 5. The summed E-state index contributed by atoms with van der Waals surface area (Å²) in [5.41, 5.74) is 2.48. The molecule has 0 amide bonds. The Hall–Kier alpha value is -2.34. The predicted octanol–water partition coefficient (Wildman–Crippen LogP) is 3.77. The fourth-order valence-electron chi connectivity index (χ4n) is 3.71. The minimum atomic E-state index is -0.324. The van der Waals surface area contributed by atoms with Gasteiger partial charge in [0.1, 0.15) is 11.3 Å². The highest BCUT2D eigenvalue weighted by Gasteiger charge is 2.18. The van der Waals surface area contributed by atoms with E-state index >= 15 is 0 Å². The van der Waals surface area contributed by atoms with Crippen LogP contribution in [0.3, 0.4) is 0 Å². The van der Waals surface area contributed by atoms with Gasteiger partial charge in [-0.05, 0) is 35.4 Å². The van der Waals surface area contributed by atoms with Crippen LogP contribution in [-0.4, -0.2) is 43.1 Å². The molecule has 0 bridgehead atoms. The molecule has 0 aliphatic carbocycles. The zero-order chi connectivity index (χ0) is 19.5. The Morgan fingerprint density at radius 2 is 1.75 bits per heavy atom. The van der Waals surface area contributed by atoms with E-state index in [1.165, 1.54) is 5.56 Å². The van der Waals surface area contributed by atoms with Crippen molar-refractivity contribution < 1.29 is 9.15 Å². The Morgan fingerprint density at radius 1 is 1.00 bits per heavy atom. The van der Waals surface area contributed by atoms with E-state index in [0.717, 1.165) is 55.2 Å². The molecule has 0 radical (unpaired) electrons. The molecular weight excluding hydrogens is 376 g/mol. The molecule has 1 aliphatic rings. The number of benzene rings is 2. The van der Waals surface area contributed by atoms with Gasteiger partial charge in [-0.25, -0.2) is 4.79 Å². The molecule has 0 spiro atoms. The van der Waals surface area contributed by atoms with Gasteiger partial charge in [0, 0.05) is 61.8 Å². The molecule has 0 atom stereocenters. The number of halogens is 1. The average Bonchev–Trinajstić information content (AvgIpc) is 2.69. The first-order valence-corrected chi connectivity index (χ1v) is 9.78. The summed E-state index contributed by atoms with van der Waals surface area (Å²) in [6, 6.07) is 15.3. The summed E-state index contributed by atoms with van der Waals surface area (Å²) in [5, 5.41) is 1.74. The standard InChI is InChI=1S/C22H23ClN2O3/c1-27-19-5-6-20-17(12-22(26)28-21(20)13-19)15-25-9-7-24(8-10-25)14-16-3-2-4-18(23)11-16/h2-6,11-13H,7-10,14-15H2,1H3. The van der Waals surface area contributed by atoms with Crippen molar-refractivity contribution in [2.45, 2.75) is 13.1 Å². The Morgan fingerprint density at radius 3 is 2.46 bits per heavy atom. The van der Waals surface area contributed by atoms with Crippen LogP contribution >= 0.6 is 11.6 Å². The van der Waals surface area contributed by atoms with E-state index in [1.807, 2.05) is 30.3 Å². The quantitative estimate of drug-likeness (QED) is 0.612. The van der Waals surface area contributed by atoms with E-state index in [0.29, 0.717) is 11.3 Å². The molecule has 146 valence electrons. The van der Waals surface area contributed by atoms with Crippen LogP contribution in [0.25, 0.3) is 11.0 Å². The summed E-state index contributed by atoms with van der Waals surface area (Å²) in [4.78, 5) is 16.8. The van der Waals surface area contributed by atoms with Gasteiger partial charge in [-0.15, -0.1) is 0 Å². The van der Waals surface area contributed by atoms with E-state index in [2.05, 4.69) is 15.9 Å². The second-order valence-electron chi connectivity index (χ2n) is 7.13. The zero-order valence-electron chi connectivity index (χ0n) is 15.9. The van der Waals surface area contributed by atoms with Crippen LogP contribution in [-0.2, 0) is 13.1 Å². The Kier molecular flexibility index (Phi) is 5.67. The van der Waals surface area contributed by atoms with Crippen LogP contribution < -0.4 is 10.4 Å². The Bertz CT molecular complexity index is 1030. The molecule has 5 nitrogen and oxygen atoms in total. The first-order chi connectivity index (χ1) is 13.6. The van der Waals surface area contributed by atoms with E-state index < -0.39 is 0 Å². The molecule has 28 heavy (non-hydrogen) atoms. The second kappa shape index (κ2) is 8.35. The molecule has 2 heterocycles. The van der Waals surface area contributed by atoms with E-state index in [9.17, 15) is 4.79 Å². The van der Waals surface area contributed by atoms with Gasteiger partial charge in [-0.1, -0.05) is 23.7 Å². The van der Waals surface area contributed by atoms with Crippen molar-refractivity contribution in [1.29, 1.82) is 0 Å². The largest absolute Gasteiger partial charge is 0.497 e. The summed E-state index contributed by atoms with van der Waals surface area (Å²) >= 11 is 6.09. The summed E-state index contributed by atoms with van der Waals surface area (Å²) in [7, 11) is 1.60. The van der Waals surface area contributed by atoms with E-state index in [-0.39, 0.29) is 5.63 Å². The van der Waals surface area contributed by atoms with Crippen LogP contribution in [0.2, 0.25) is 5.02 Å². The predicted molar refractivity (Wildman–Crippen MR) is 111 cm³/mol. The molecule has 0 N–H and O–H groups in total. The fourth-order valence-corrected chi connectivity index (χ4v) is 3.92. The third-order valence-corrected chi connectivity index (χ3v) is 5.43. The van der Waals surface area contributed by atoms with Gasteiger partial charge in [-0.2, -0.15) is 0 Å². The molecule has 3 aromatic rings. The van der Waals surface area contributed by atoms with E-state index in [4.69, 9.17) is 20.8 Å². The number of methoxy groups -OCH3 is 1. The highest BCUT2D eigenvalue weighted by molar-refractivity contribution is 6.30. The molecule has 4 rings (SSSR count). The fraction of sp³-hybridized carbons (Fsp3) is 0.318. The van der Waals surface area contributed by atoms with Crippen molar-refractivity contribution in [2.75, 3.05) is 33.3 Å². The van der Waals surface area contributed by atoms with Crippen molar-refractivity contribution in [2.24, 2.45) is 0 Å². The van der Waals surface area contributed by atoms with Crippen molar-refractivity contribution in [3.63, 3.8) is 0 Å². The molecule has 6 heteroatoms. The third-order valence-electron chi connectivity index (χ3n) is 5.19. The van der Waals surface area contributed by atoms with Gasteiger partial charge in [0.15, 0.2) is 0 Å². The second-order valence-corrected chi connectivity index (χ2v) is 7.57. The normalized spacial score (nSPS) is 15.8. The van der Waals surface area contributed by atoms with Gasteiger partial charge in [0.25, 0.3) is 0 Å². The molecule has 2 aromatic carbocycles. The lowest BCUT2D eigenvalue weighted by atomic mass is 10.1. The molecule has 1 aliphatic heterocycles. The number of piperazine rings is 1. The summed E-state index contributed by atoms with van der Waals surface area (Å²) in [6.07, 6.45) is 0. The molecule has 0 saturated carbocycles. The molecule has 1 aromatic heterocycles. The van der Waals surface area contributed by atoms with Gasteiger partial charge in [-0.3, -0.25) is 9.80 Å². The first kappa shape index (κ1) is 19.0. The summed E-state index contributed by atoms with van der Waals surface area (Å²) < 4.78 is 10.6. The number of nitrogens with zero attached hydrogens (tertiary/aromatic N) is 2. The molecule has 1 saturated heterocycles. The Balaban J connectivity index is 1.43. The lowest BCUT2D eigenvalue weighted by Gasteiger charge is -2.34. The van der Waals surface area contributed by atoms with Gasteiger partial charge >= 0.3 is 5.63 Å². The molecular formula is C22H23ClN2O3. The molecule has 0 unspecified atom stereocenters. The van der Waals surface area contributed by atoms with Gasteiger partial charge in [0.2, 0.25) is 0 Å². The monoisotopic (exact) mass is 398 g/mol. The highest BCUT2D eigenvalue weighted by atomic mass is 35.5. The van der Waals surface area contributed by atoms with Crippen LogP contribution in [0, 0.1) is 0 Å². The van der Waals surface area contributed by atoms with Crippen LogP contribution in [0.1, 0.15) is 11.1 Å². The number of fused-ring (bicyclic) bond motifs is 1. The smallest absolute Gasteiger partial charge is 0.336 e. The maximum absolute atomic E-state index is 12.0. The topological polar surface area (TPSA) is 45.9 Å². The number of hydrogen-bond donors (Lipinski definition) is 0. The van der Waals surface area contributed by atoms with Crippen molar-refractivity contribution in [1.82, 2.24) is 9.80 Å². The molecule has 1 fully saturated rings. The SMILES string of the molecule is COc1ccc2c(CN3CCN(Cc4cccc(Cl)c4)CC3)cc(=O)oc2c1. The third kappa shape index (κ3) is 4.38. The lowest BCUT2D eigenvalue weighted by molar-refractivity contribution is 0.122. The maximum Gasteiger partial charge on any atom is 0.336 e. The Labute approximate surface area is 169 Å². The maximum atomic E-state index is 12.0. The number of ether oxygens (including phenoxy) is 1. The van der Waals surface area contributed by atoms with Crippen molar-refractivity contribution in [3.05, 3.63) is 75.1 Å². The average molecular weight is 399 g/mol. The van der Waals surface area contributed by atoms with Crippen LogP contribution in [0.4, 0.5) is 0 Å². The lowest BCUT2D eigenvalue weighted by Crippen LogP contribution is -2.45. The summed E-state index contributed by atoms with van der Waals surface area (Å²) in [6.45, 7) is 5.53. The van der Waals surface area contributed by atoms with Gasteiger partial charge in [0.05, 0.1) is 7.11 Å². The van der Waals surface area contributed by atoms with Crippen molar-refractivity contribution >= 4 is 22.6 Å². The minimum Gasteiger partial charge on any atom is -0.497 e. The summed E-state index contributed by atoms with van der Waals surface area (Å²) in [5.74, 6) is 0.683. The zero-order valence-corrected chi connectivity index (χ0v) is 16.6. The number of rotatable bonds is 5. The first-order valence-electron chi connectivity index (χ1n) is 9.40.